The summed E-state index contributed by atoms with van der Waals surface area (Å²) in [6.45, 7) is 1.14. The topological polar surface area (TPSA) is 94.0 Å². The normalized spacial score (nSPS) is 20.6. The summed E-state index contributed by atoms with van der Waals surface area (Å²) < 4.78 is 7.71. The number of hydrogen-bond donors (Lipinski definition) is 2. The van der Waals surface area contributed by atoms with Crippen molar-refractivity contribution in [2.45, 2.75) is 24.9 Å². The highest BCUT2D eigenvalue weighted by atomic mass is 32.1. The summed E-state index contributed by atoms with van der Waals surface area (Å²) in [7, 11) is 3.65. The number of carbonyl (C=O) groups is 1. The first-order valence-electron chi connectivity index (χ1n) is 7.51. The van der Waals surface area contributed by atoms with Crippen molar-refractivity contribution < 1.29 is 9.53 Å². The van der Waals surface area contributed by atoms with Gasteiger partial charge in [-0.05, 0) is 12.8 Å². The first-order chi connectivity index (χ1) is 11.1. The van der Waals surface area contributed by atoms with Crippen molar-refractivity contribution in [2.75, 3.05) is 25.5 Å². The lowest BCUT2D eigenvalue weighted by Gasteiger charge is -2.27. The molecular weight excluding hydrogens is 316 g/mol. The number of aryl methyl sites for hydroxylation is 1. The Hall–Kier alpha value is -2.00. The number of amides is 1. The lowest BCUT2D eigenvalue weighted by molar-refractivity contribution is -0.122. The van der Waals surface area contributed by atoms with Gasteiger partial charge >= 0.3 is 0 Å². The Balaban J connectivity index is 1.61. The molecule has 3 heterocycles. The van der Waals surface area contributed by atoms with E-state index in [-0.39, 0.29) is 12.3 Å². The molecule has 0 spiro atoms. The number of nitrogens with zero attached hydrogens (tertiary/aromatic N) is 4. The molecule has 2 aromatic rings. The fourth-order valence-electron chi connectivity index (χ4n) is 2.69. The Morgan fingerprint density at radius 2 is 2.39 bits per heavy atom. The number of ether oxygens (including phenoxy) is 1. The molecule has 8 nitrogen and oxygen atoms in total. The van der Waals surface area contributed by atoms with Crippen LogP contribution in [0.15, 0.2) is 12.4 Å². The first kappa shape index (κ1) is 15.9. The van der Waals surface area contributed by atoms with Gasteiger partial charge in [0.2, 0.25) is 11.0 Å². The first-order valence-corrected chi connectivity index (χ1v) is 8.33. The molecule has 0 bridgehead atoms. The van der Waals surface area contributed by atoms with Gasteiger partial charge in [-0.15, -0.1) is 10.2 Å². The summed E-state index contributed by atoms with van der Waals surface area (Å²) in [5.41, 5.74) is 0.535. The number of nitrogens with one attached hydrogen (secondary N) is 2. The Labute approximate surface area is 138 Å². The van der Waals surface area contributed by atoms with E-state index in [0.29, 0.717) is 23.3 Å². The lowest BCUT2D eigenvalue weighted by atomic mass is 9.93. The molecule has 2 aromatic heterocycles. The Kier molecular flexibility index (Phi) is 4.58. The van der Waals surface area contributed by atoms with Crippen molar-refractivity contribution in [3.8, 4) is 0 Å². The third-order valence-corrected chi connectivity index (χ3v) is 4.84. The molecule has 1 fully saturated rings. The van der Waals surface area contributed by atoms with Crippen LogP contribution in [-0.2, 0) is 28.6 Å². The van der Waals surface area contributed by atoms with Crippen molar-refractivity contribution >= 4 is 22.4 Å². The number of carbonyl (C=O) groups excluding carboxylic acids is 1. The molecule has 0 saturated carbocycles. The van der Waals surface area contributed by atoms with E-state index in [2.05, 4.69) is 25.9 Å². The lowest BCUT2D eigenvalue weighted by Crippen LogP contribution is -2.40. The predicted molar refractivity (Wildman–Crippen MR) is 86.2 cm³/mol. The van der Waals surface area contributed by atoms with Crippen LogP contribution in [0.3, 0.4) is 0 Å². The van der Waals surface area contributed by atoms with Crippen molar-refractivity contribution in [3.05, 3.63) is 23.0 Å². The number of aromatic nitrogens is 4. The van der Waals surface area contributed by atoms with Gasteiger partial charge in [0, 0.05) is 32.5 Å². The van der Waals surface area contributed by atoms with Gasteiger partial charge in [0.15, 0.2) is 0 Å². The second-order valence-electron chi connectivity index (χ2n) is 5.55. The summed E-state index contributed by atoms with van der Waals surface area (Å²) >= 11 is 1.38. The van der Waals surface area contributed by atoms with Crippen LogP contribution in [-0.4, -0.2) is 46.1 Å². The van der Waals surface area contributed by atoms with E-state index in [4.69, 9.17) is 4.74 Å². The molecule has 0 aliphatic carbocycles. The molecule has 0 radical (unpaired) electrons. The van der Waals surface area contributed by atoms with Crippen LogP contribution < -0.4 is 10.6 Å². The fourth-order valence-corrected chi connectivity index (χ4v) is 3.38. The van der Waals surface area contributed by atoms with E-state index in [1.165, 1.54) is 11.3 Å². The molecule has 1 aliphatic heterocycles. The van der Waals surface area contributed by atoms with Crippen LogP contribution in [0, 0.1) is 0 Å². The van der Waals surface area contributed by atoms with Crippen LogP contribution in [0.5, 0.6) is 0 Å². The van der Waals surface area contributed by atoms with Gasteiger partial charge in [0.25, 0.3) is 0 Å². The highest BCUT2D eigenvalue weighted by molar-refractivity contribution is 7.15. The summed E-state index contributed by atoms with van der Waals surface area (Å²) in [6.07, 6.45) is 5.83. The van der Waals surface area contributed by atoms with E-state index < -0.39 is 5.60 Å². The minimum Gasteiger partial charge on any atom is -0.368 e. The smallest absolute Gasteiger partial charge is 0.227 e. The summed E-state index contributed by atoms with van der Waals surface area (Å²) in [5, 5.41) is 19.4. The van der Waals surface area contributed by atoms with Crippen LogP contribution in [0.25, 0.3) is 0 Å². The van der Waals surface area contributed by atoms with Crippen molar-refractivity contribution in [1.29, 1.82) is 0 Å². The molecule has 3 rings (SSSR count). The van der Waals surface area contributed by atoms with Gasteiger partial charge in [-0.25, -0.2) is 0 Å². The van der Waals surface area contributed by atoms with Crippen LogP contribution >= 0.6 is 11.3 Å². The van der Waals surface area contributed by atoms with Gasteiger partial charge in [-0.1, -0.05) is 11.3 Å². The monoisotopic (exact) mass is 336 g/mol. The molecule has 2 N–H and O–H groups in total. The van der Waals surface area contributed by atoms with Gasteiger partial charge in [-0.3, -0.25) is 9.48 Å². The zero-order valence-electron chi connectivity index (χ0n) is 13.2. The van der Waals surface area contributed by atoms with E-state index in [1.807, 2.05) is 13.2 Å². The molecule has 23 heavy (non-hydrogen) atoms. The summed E-state index contributed by atoms with van der Waals surface area (Å²) in [6, 6.07) is 0. The largest absolute Gasteiger partial charge is 0.368 e. The van der Waals surface area contributed by atoms with E-state index >= 15 is 0 Å². The number of hydrogen-bond acceptors (Lipinski definition) is 7. The number of rotatable bonds is 6. The maximum atomic E-state index is 12.2. The highest BCUT2D eigenvalue weighted by Gasteiger charge is 2.38. The average molecular weight is 336 g/mol. The van der Waals surface area contributed by atoms with Gasteiger partial charge in [-0.2, -0.15) is 5.10 Å². The standard InChI is InChI=1S/C14H20N6O2S/c1-15-13-19-18-12(23-13)6-11(21)16-9-14(4-3-5-22-14)10-7-17-20(2)8-10/h7-8H,3-6,9H2,1-2H3,(H,15,19)(H,16,21). The minimum absolute atomic E-state index is 0.0810. The van der Waals surface area contributed by atoms with Gasteiger partial charge < -0.3 is 15.4 Å². The van der Waals surface area contributed by atoms with Crippen LogP contribution in [0.2, 0.25) is 0 Å². The third-order valence-electron chi connectivity index (χ3n) is 3.90. The quantitative estimate of drug-likeness (QED) is 0.806. The minimum atomic E-state index is -0.471. The zero-order chi connectivity index (χ0) is 16.3. The third kappa shape index (κ3) is 3.50. The van der Waals surface area contributed by atoms with Crippen LogP contribution in [0.1, 0.15) is 23.4 Å². The van der Waals surface area contributed by atoms with Crippen LogP contribution in [0.4, 0.5) is 5.13 Å². The molecule has 124 valence electrons. The summed E-state index contributed by atoms with van der Waals surface area (Å²) in [4.78, 5) is 12.2. The second-order valence-corrected chi connectivity index (χ2v) is 6.62. The van der Waals surface area contributed by atoms with E-state index in [9.17, 15) is 4.79 Å². The summed E-state index contributed by atoms with van der Waals surface area (Å²) in [5.74, 6) is -0.0810. The molecule has 1 amide bonds. The molecule has 0 aromatic carbocycles. The molecule has 1 saturated heterocycles. The Morgan fingerprint density at radius 1 is 1.52 bits per heavy atom. The fraction of sp³-hybridized carbons (Fsp3) is 0.571. The van der Waals surface area contributed by atoms with Gasteiger partial charge in [0.1, 0.15) is 10.6 Å². The SMILES string of the molecule is CNc1nnc(CC(=O)NCC2(c3cnn(C)c3)CCCO2)s1. The second kappa shape index (κ2) is 6.63. The zero-order valence-corrected chi connectivity index (χ0v) is 14.0. The maximum absolute atomic E-state index is 12.2. The van der Waals surface area contributed by atoms with Crippen molar-refractivity contribution in [1.82, 2.24) is 25.3 Å². The maximum Gasteiger partial charge on any atom is 0.227 e. The Bertz CT molecular complexity index is 676. The average Bonchev–Trinajstić information content (AvgIpc) is 3.26. The predicted octanol–water partition coefficient (Wildman–Crippen LogP) is 0.678. The molecule has 1 unspecified atom stereocenters. The van der Waals surface area contributed by atoms with E-state index in [1.54, 1.807) is 17.9 Å². The molecule has 1 atom stereocenters. The van der Waals surface area contributed by atoms with E-state index in [0.717, 1.165) is 18.4 Å². The number of anilines is 1. The molecule has 9 heteroatoms. The van der Waals surface area contributed by atoms with Gasteiger partial charge in [0.05, 0.1) is 19.2 Å². The Morgan fingerprint density at radius 3 is 3.00 bits per heavy atom. The van der Waals surface area contributed by atoms with Crippen molar-refractivity contribution in [2.24, 2.45) is 7.05 Å². The highest BCUT2D eigenvalue weighted by Crippen LogP contribution is 2.35. The van der Waals surface area contributed by atoms with Crippen molar-refractivity contribution in [3.63, 3.8) is 0 Å². The molecular formula is C14H20N6O2S. The molecule has 1 aliphatic rings.